The van der Waals surface area contributed by atoms with E-state index in [1.54, 1.807) is 17.0 Å². The Labute approximate surface area is 192 Å². The first-order valence-corrected chi connectivity index (χ1v) is 10.8. The Balaban J connectivity index is 1.26. The van der Waals surface area contributed by atoms with E-state index < -0.39 is 29.2 Å². The zero-order valence-electron chi connectivity index (χ0n) is 18.0. The van der Waals surface area contributed by atoms with Crippen molar-refractivity contribution >= 4 is 34.4 Å². The summed E-state index contributed by atoms with van der Waals surface area (Å²) >= 11 is 0. The summed E-state index contributed by atoms with van der Waals surface area (Å²) in [5.74, 6) is -2.10. The predicted molar refractivity (Wildman–Crippen MR) is 118 cm³/mol. The number of nitrogens with one attached hydrogen (secondary N) is 2. The lowest BCUT2D eigenvalue weighted by atomic mass is 9.96. The number of piperidine rings is 1. The van der Waals surface area contributed by atoms with Crippen LogP contribution in [-0.2, 0) is 15.8 Å². The van der Waals surface area contributed by atoms with Gasteiger partial charge < -0.3 is 20.0 Å². The minimum absolute atomic E-state index is 0.0268. The fourth-order valence-electron chi connectivity index (χ4n) is 3.92. The topological polar surface area (TPSA) is 91.7 Å². The van der Waals surface area contributed by atoms with Gasteiger partial charge in [-0.3, -0.25) is 14.4 Å². The van der Waals surface area contributed by atoms with E-state index in [2.05, 4.69) is 5.32 Å². The number of hydrogen-bond donors (Lipinski definition) is 2. The number of hydrogen-bond acceptors (Lipinski definition) is 4. The predicted octanol–water partition coefficient (Wildman–Crippen LogP) is 4.06. The molecule has 0 bridgehead atoms. The van der Waals surface area contributed by atoms with E-state index >= 15 is 0 Å². The van der Waals surface area contributed by atoms with Gasteiger partial charge in [-0.2, -0.15) is 13.2 Å². The minimum atomic E-state index is -4.66. The Bertz CT molecular complexity index is 1180. The summed E-state index contributed by atoms with van der Waals surface area (Å²) in [5.41, 5.74) is -0.871. The van der Waals surface area contributed by atoms with Gasteiger partial charge in [0.05, 0.1) is 11.3 Å². The van der Waals surface area contributed by atoms with Crippen molar-refractivity contribution in [1.29, 1.82) is 0 Å². The van der Waals surface area contributed by atoms with Crippen molar-refractivity contribution in [1.82, 2.24) is 10.2 Å². The maximum absolute atomic E-state index is 13.1. The molecule has 3 aromatic rings. The number of carbonyl (C=O) groups is 3. The lowest BCUT2D eigenvalue weighted by Crippen LogP contribution is -2.43. The first-order valence-electron chi connectivity index (χ1n) is 10.8. The first-order chi connectivity index (χ1) is 16.2. The fraction of sp³-hybridized carbons (Fsp3) is 0.292. The number of likely N-dealkylation sites (tertiary alicyclic amines) is 1. The van der Waals surface area contributed by atoms with Crippen LogP contribution in [0.2, 0.25) is 0 Å². The van der Waals surface area contributed by atoms with Gasteiger partial charge in [0.25, 0.3) is 5.91 Å². The maximum Gasteiger partial charge on any atom is 0.418 e. The molecule has 1 fully saturated rings. The standard InChI is InChI=1S/C24H22F3N3O4/c25-24(26,27)17-6-2-3-7-18(17)29-22(32)21(31)28-14-15-9-11-30(12-10-15)23(33)20-13-16-5-1-4-8-19(16)34-20/h1-8,13,15H,9-12,14H2,(H,28,31)(H,29,32). The number of halogens is 3. The highest BCUT2D eigenvalue weighted by Crippen LogP contribution is 2.34. The molecule has 0 saturated carbocycles. The Morgan fingerprint density at radius 3 is 2.35 bits per heavy atom. The molecule has 0 spiro atoms. The highest BCUT2D eigenvalue weighted by Gasteiger charge is 2.34. The zero-order valence-corrected chi connectivity index (χ0v) is 18.0. The third kappa shape index (κ3) is 5.22. The van der Waals surface area contributed by atoms with Crippen molar-refractivity contribution in [2.45, 2.75) is 19.0 Å². The molecule has 2 aromatic carbocycles. The zero-order chi connectivity index (χ0) is 24.3. The lowest BCUT2D eigenvalue weighted by Gasteiger charge is -2.31. The highest BCUT2D eigenvalue weighted by molar-refractivity contribution is 6.39. The monoisotopic (exact) mass is 473 g/mol. The Kier molecular flexibility index (Phi) is 6.58. The molecule has 0 atom stereocenters. The van der Waals surface area contributed by atoms with Gasteiger partial charge in [0, 0.05) is 25.0 Å². The number of furan rings is 1. The summed E-state index contributed by atoms with van der Waals surface area (Å²) < 4.78 is 44.8. The number of amides is 3. The van der Waals surface area contributed by atoms with Gasteiger partial charge in [0.1, 0.15) is 5.58 Å². The van der Waals surface area contributed by atoms with Crippen molar-refractivity contribution in [3.8, 4) is 0 Å². The number of para-hydroxylation sites is 2. The van der Waals surface area contributed by atoms with Crippen LogP contribution in [0.5, 0.6) is 0 Å². The van der Waals surface area contributed by atoms with E-state index in [9.17, 15) is 27.6 Å². The SMILES string of the molecule is O=C(NCC1CCN(C(=O)c2cc3ccccc3o2)CC1)C(=O)Nc1ccccc1C(F)(F)F. The molecule has 10 heteroatoms. The molecule has 2 N–H and O–H groups in total. The molecular formula is C24H22F3N3O4. The second kappa shape index (κ2) is 9.58. The molecule has 1 aromatic heterocycles. The largest absolute Gasteiger partial charge is 0.451 e. The first kappa shape index (κ1) is 23.3. The van der Waals surface area contributed by atoms with E-state index in [1.807, 2.05) is 23.5 Å². The van der Waals surface area contributed by atoms with Crippen molar-refractivity contribution in [2.24, 2.45) is 5.92 Å². The molecule has 1 aliphatic heterocycles. The van der Waals surface area contributed by atoms with Crippen LogP contribution in [0.15, 0.2) is 59.0 Å². The summed E-state index contributed by atoms with van der Waals surface area (Å²) in [6.45, 7) is 1.10. The molecule has 178 valence electrons. The fourth-order valence-corrected chi connectivity index (χ4v) is 3.92. The summed E-state index contributed by atoms with van der Waals surface area (Å²) in [7, 11) is 0. The van der Waals surface area contributed by atoms with Gasteiger partial charge >= 0.3 is 18.0 Å². The van der Waals surface area contributed by atoms with E-state index in [0.29, 0.717) is 31.5 Å². The van der Waals surface area contributed by atoms with Crippen LogP contribution in [-0.4, -0.2) is 42.3 Å². The van der Waals surface area contributed by atoms with E-state index in [0.717, 1.165) is 17.5 Å². The number of rotatable bonds is 4. The number of benzene rings is 2. The van der Waals surface area contributed by atoms with Crippen molar-refractivity contribution in [3.63, 3.8) is 0 Å². The number of anilines is 1. The molecule has 1 aliphatic rings. The quantitative estimate of drug-likeness (QED) is 0.559. The average Bonchev–Trinajstić information content (AvgIpc) is 3.26. The second-order valence-electron chi connectivity index (χ2n) is 8.09. The van der Waals surface area contributed by atoms with Gasteiger partial charge in [0.2, 0.25) is 0 Å². The van der Waals surface area contributed by atoms with Crippen LogP contribution in [0.1, 0.15) is 29.0 Å². The minimum Gasteiger partial charge on any atom is -0.451 e. The number of fused-ring (bicyclic) bond motifs is 1. The van der Waals surface area contributed by atoms with Crippen LogP contribution in [0.4, 0.5) is 18.9 Å². The van der Waals surface area contributed by atoms with Gasteiger partial charge in [0.15, 0.2) is 5.76 Å². The molecule has 1 saturated heterocycles. The van der Waals surface area contributed by atoms with Crippen LogP contribution in [0.25, 0.3) is 11.0 Å². The van der Waals surface area contributed by atoms with Gasteiger partial charge in [-0.1, -0.05) is 30.3 Å². The molecule has 34 heavy (non-hydrogen) atoms. The van der Waals surface area contributed by atoms with Crippen molar-refractivity contribution < 1.29 is 32.0 Å². The molecule has 7 nitrogen and oxygen atoms in total. The molecular weight excluding hydrogens is 451 g/mol. The van der Waals surface area contributed by atoms with E-state index in [-0.39, 0.29) is 24.1 Å². The number of alkyl halides is 3. The number of nitrogens with zero attached hydrogens (tertiary/aromatic N) is 1. The Hall–Kier alpha value is -3.82. The molecule has 2 heterocycles. The third-order valence-electron chi connectivity index (χ3n) is 5.78. The molecule has 4 rings (SSSR count). The van der Waals surface area contributed by atoms with E-state index in [4.69, 9.17) is 4.42 Å². The smallest absolute Gasteiger partial charge is 0.418 e. The van der Waals surface area contributed by atoms with Crippen LogP contribution in [0, 0.1) is 5.92 Å². The highest BCUT2D eigenvalue weighted by atomic mass is 19.4. The van der Waals surface area contributed by atoms with E-state index in [1.165, 1.54) is 12.1 Å². The lowest BCUT2D eigenvalue weighted by molar-refractivity contribution is -0.138. The van der Waals surface area contributed by atoms with Gasteiger partial charge in [-0.05, 0) is 43.0 Å². The normalized spacial score (nSPS) is 14.7. The summed E-state index contributed by atoms with van der Waals surface area (Å²) in [6.07, 6.45) is -3.45. The molecule has 0 radical (unpaired) electrons. The van der Waals surface area contributed by atoms with Crippen LogP contribution >= 0.6 is 0 Å². The maximum atomic E-state index is 13.1. The molecule has 3 amide bonds. The van der Waals surface area contributed by atoms with Crippen LogP contribution in [0.3, 0.4) is 0 Å². The Morgan fingerprint density at radius 2 is 1.65 bits per heavy atom. The summed E-state index contributed by atoms with van der Waals surface area (Å²) in [5, 5.41) is 5.34. The third-order valence-corrected chi connectivity index (χ3v) is 5.78. The molecule has 0 aliphatic carbocycles. The van der Waals surface area contributed by atoms with Crippen molar-refractivity contribution in [2.75, 3.05) is 25.0 Å². The Morgan fingerprint density at radius 1 is 0.971 bits per heavy atom. The number of carbonyl (C=O) groups excluding carboxylic acids is 3. The average molecular weight is 473 g/mol. The van der Waals surface area contributed by atoms with Crippen LogP contribution < -0.4 is 10.6 Å². The summed E-state index contributed by atoms with van der Waals surface area (Å²) in [6, 6.07) is 13.5. The second-order valence-corrected chi connectivity index (χ2v) is 8.09. The van der Waals surface area contributed by atoms with Gasteiger partial charge in [-0.25, -0.2) is 0 Å². The van der Waals surface area contributed by atoms with Crippen molar-refractivity contribution in [3.05, 3.63) is 65.9 Å². The summed E-state index contributed by atoms with van der Waals surface area (Å²) in [4.78, 5) is 38.6. The molecule has 0 unspecified atom stereocenters. The van der Waals surface area contributed by atoms with Gasteiger partial charge in [-0.15, -0.1) is 0 Å².